The maximum absolute atomic E-state index is 12.7. The Bertz CT molecular complexity index is 1290. The Hall–Kier alpha value is -2.80. The van der Waals surface area contributed by atoms with E-state index in [4.69, 9.17) is 32.7 Å². The van der Waals surface area contributed by atoms with Gasteiger partial charge in [-0.15, -0.1) is 11.3 Å². The molecule has 3 aromatic carbocycles. The lowest BCUT2D eigenvalue weighted by Gasteiger charge is -2.18. The predicted molar refractivity (Wildman–Crippen MR) is 120 cm³/mol. The fourth-order valence-corrected chi connectivity index (χ4v) is 4.71. The molecule has 8 heteroatoms. The van der Waals surface area contributed by atoms with E-state index in [2.05, 4.69) is 10.3 Å². The molecule has 0 unspecified atom stereocenters. The highest BCUT2D eigenvalue weighted by Gasteiger charge is 2.16. The van der Waals surface area contributed by atoms with E-state index in [1.807, 2.05) is 24.3 Å². The number of carbonyl (C=O) groups is 1. The second-order valence-corrected chi connectivity index (χ2v) is 8.51. The number of amides is 1. The van der Waals surface area contributed by atoms with Gasteiger partial charge in [0.1, 0.15) is 18.2 Å². The molecule has 150 valence electrons. The third-order valence-corrected chi connectivity index (χ3v) is 6.23. The molecule has 0 bridgehead atoms. The normalized spacial score (nSPS) is 12.7. The zero-order valence-electron chi connectivity index (χ0n) is 15.4. The van der Waals surface area contributed by atoms with E-state index < -0.39 is 0 Å². The molecule has 5 nitrogen and oxygen atoms in total. The SMILES string of the molecule is O=C(Nc1ccc2sc(-c3ccc(Cl)cc3Cl)nc2c1)c1ccc2c(c1)OCCO2. The largest absolute Gasteiger partial charge is 0.486 e. The first-order valence-electron chi connectivity index (χ1n) is 9.14. The van der Waals surface area contributed by atoms with Crippen LogP contribution in [0.2, 0.25) is 10.0 Å². The maximum atomic E-state index is 12.7. The highest BCUT2D eigenvalue weighted by molar-refractivity contribution is 7.21. The van der Waals surface area contributed by atoms with Gasteiger partial charge >= 0.3 is 0 Å². The summed E-state index contributed by atoms with van der Waals surface area (Å²) in [6.07, 6.45) is 0. The number of hydrogen-bond acceptors (Lipinski definition) is 5. The molecule has 30 heavy (non-hydrogen) atoms. The summed E-state index contributed by atoms with van der Waals surface area (Å²) in [5, 5.41) is 4.83. The van der Waals surface area contributed by atoms with Gasteiger partial charge in [-0.2, -0.15) is 0 Å². The lowest BCUT2D eigenvalue weighted by atomic mass is 10.1. The van der Waals surface area contributed by atoms with E-state index in [9.17, 15) is 4.79 Å². The number of ether oxygens (including phenoxy) is 2. The number of nitrogens with zero attached hydrogens (tertiary/aromatic N) is 1. The van der Waals surface area contributed by atoms with Crippen molar-refractivity contribution < 1.29 is 14.3 Å². The van der Waals surface area contributed by atoms with E-state index in [1.165, 1.54) is 11.3 Å². The Morgan fingerprint density at radius 2 is 1.80 bits per heavy atom. The molecule has 0 fully saturated rings. The number of anilines is 1. The number of aromatic nitrogens is 1. The van der Waals surface area contributed by atoms with E-state index >= 15 is 0 Å². The Balaban J connectivity index is 1.40. The summed E-state index contributed by atoms with van der Waals surface area (Å²) >= 11 is 13.8. The van der Waals surface area contributed by atoms with Crippen LogP contribution in [0.25, 0.3) is 20.8 Å². The molecule has 1 aliphatic heterocycles. The van der Waals surface area contributed by atoms with Crippen molar-refractivity contribution in [2.24, 2.45) is 0 Å². The van der Waals surface area contributed by atoms with Gasteiger partial charge < -0.3 is 14.8 Å². The van der Waals surface area contributed by atoms with Crippen molar-refractivity contribution in [3.05, 3.63) is 70.2 Å². The molecule has 0 radical (unpaired) electrons. The predicted octanol–water partition coefficient (Wildman–Crippen LogP) is 6.29. The van der Waals surface area contributed by atoms with Crippen LogP contribution in [0.3, 0.4) is 0 Å². The van der Waals surface area contributed by atoms with Crippen molar-refractivity contribution in [3.8, 4) is 22.1 Å². The summed E-state index contributed by atoms with van der Waals surface area (Å²) in [5.74, 6) is 0.992. The molecule has 0 saturated heterocycles. The van der Waals surface area contributed by atoms with Gasteiger partial charge in [0.25, 0.3) is 5.91 Å². The zero-order chi connectivity index (χ0) is 20.7. The number of fused-ring (bicyclic) bond motifs is 2. The summed E-state index contributed by atoms with van der Waals surface area (Å²) in [7, 11) is 0. The molecule has 1 amide bonds. The molecule has 0 spiro atoms. The van der Waals surface area contributed by atoms with Crippen LogP contribution in [0.5, 0.6) is 11.5 Å². The molecular weight excluding hydrogens is 443 g/mol. The summed E-state index contributed by atoms with van der Waals surface area (Å²) in [6, 6.07) is 16.1. The van der Waals surface area contributed by atoms with Crippen LogP contribution < -0.4 is 14.8 Å². The average molecular weight is 457 g/mol. The number of rotatable bonds is 3. The first-order chi connectivity index (χ1) is 14.6. The summed E-state index contributed by atoms with van der Waals surface area (Å²) in [6.45, 7) is 0.980. The number of carbonyl (C=O) groups excluding carboxylic acids is 1. The Kier molecular flexibility index (Phi) is 4.98. The van der Waals surface area contributed by atoms with Gasteiger partial charge in [0.05, 0.1) is 15.2 Å². The van der Waals surface area contributed by atoms with Crippen LogP contribution in [0.15, 0.2) is 54.6 Å². The maximum Gasteiger partial charge on any atom is 0.255 e. The van der Waals surface area contributed by atoms with Gasteiger partial charge in [-0.05, 0) is 54.6 Å². The van der Waals surface area contributed by atoms with Crippen LogP contribution in [-0.4, -0.2) is 24.1 Å². The second-order valence-electron chi connectivity index (χ2n) is 6.64. The van der Waals surface area contributed by atoms with E-state index in [0.717, 1.165) is 20.8 Å². The summed E-state index contributed by atoms with van der Waals surface area (Å²) < 4.78 is 12.0. The quantitative estimate of drug-likeness (QED) is 0.393. The zero-order valence-corrected chi connectivity index (χ0v) is 17.8. The molecule has 1 N–H and O–H groups in total. The van der Waals surface area contributed by atoms with Crippen molar-refractivity contribution >= 4 is 56.3 Å². The van der Waals surface area contributed by atoms with Gasteiger partial charge in [0.2, 0.25) is 0 Å². The van der Waals surface area contributed by atoms with Crippen LogP contribution >= 0.6 is 34.5 Å². The monoisotopic (exact) mass is 456 g/mol. The smallest absolute Gasteiger partial charge is 0.255 e. The number of nitrogens with one attached hydrogen (secondary N) is 1. The fraction of sp³-hybridized carbons (Fsp3) is 0.0909. The first-order valence-corrected chi connectivity index (χ1v) is 10.7. The molecule has 0 saturated carbocycles. The topological polar surface area (TPSA) is 60.5 Å². The molecule has 2 heterocycles. The van der Waals surface area contributed by atoms with Gasteiger partial charge in [0, 0.05) is 21.8 Å². The third-order valence-electron chi connectivity index (χ3n) is 4.61. The van der Waals surface area contributed by atoms with E-state index in [0.29, 0.717) is 46.0 Å². The summed E-state index contributed by atoms with van der Waals surface area (Å²) in [4.78, 5) is 17.4. The van der Waals surface area contributed by atoms with Crippen molar-refractivity contribution in [2.75, 3.05) is 18.5 Å². The van der Waals surface area contributed by atoms with Gasteiger partial charge in [-0.3, -0.25) is 4.79 Å². The van der Waals surface area contributed by atoms with E-state index in [-0.39, 0.29) is 5.91 Å². The van der Waals surface area contributed by atoms with Crippen LogP contribution in [0.1, 0.15) is 10.4 Å². The number of halogens is 2. The molecule has 4 aromatic rings. The standard InChI is InChI=1S/C22H14Cl2N2O3S/c23-13-2-4-15(16(24)10-13)22-26-17-11-14(3-6-20(17)30-22)25-21(27)12-1-5-18-19(9-12)29-8-7-28-18/h1-6,9-11H,7-8H2,(H,25,27). The minimum Gasteiger partial charge on any atom is -0.486 e. The van der Waals surface area contributed by atoms with Gasteiger partial charge in [-0.25, -0.2) is 4.98 Å². The number of benzene rings is 3. The highest BCUT2D eigenvalue weighted by Crippen LogP contribution is 2.36. The Morgan fingerprint density at radius 1 is 0.967 bits per heavy atom. The van der Waals surface area contributed by atoms with Crippen molar-refractivity contribution in [1.82, 2.24) is 4.98 Å². The highest BCUT2D eigenvalue weighted by atomic mass is 35.5. The van der Waals surface area contributed by atoms with Crippen LogP contribution in [-0.2, 0) is 0 Å². The molecule has 5 rings (SSSR count). The number of hydrogen-bond donors (Lipinski definition) is 1. The molecule has 0 aliphatic carbocycles. The van der Waals surface area contributed by atoms with Crippen LogP contribution in [0.4, 0.5) is 5.69 Å². The molecule has 1 aromatic heterocycles. The minimum absolute atomic E-state index is 0.234. The lowest BCUT2D eigenvalue weighted by molar-refractivity contribution is 0.102. The van der Waals surface area contributed by atoms with Crippen molar-refractivity contribution in [3.63, 3.8) is 0 Å². The lowest BCUT2D eigenvalue weighted by Crippen LogP contribution is -2.17. The van der Waals surface area contributed by atoms with E-state index in [1.54, 1.807) is 30.3 Å². The molecular formula is C22H14Cl2N2O3S. The fourth-order valence-electron chi connectivity index (χ4n) is 3.17. The first kappa shape index (κ1) is 19.2. The molecule has 0 atom stereocenters. The van der Waals surface area contributed by atoms with Crippen LogP contribution in [0, 0.1) is 0 Å². The Morgan fingerprint density at radius 3 is 2.63 bits per heavy atom. The average Bonchev–Trinajstić information content (AvgIpc) is 3.16. The van der Waals surface area contributed by atoms with Crippen molar-refractivity contribution in [2.45, 2.75) is 0 Å². The van der Waals surface area contributed by atoms with Crippen molar-refractivity contribution in [1.29, 1.82) is 0 Å². The minimum atomic E-state index is -0.234. The third kappa shape index (κ3) is 3.69. The van der Waals surface area contributed by atoms with Gasteiger partial charge in [0.15, 0.2) is 11.5 Å². The summed E-state index contributed by atoms with van der Waals surface area (Å²) in [5.41, 5.74) is 2.75. The second kappa shape index (κ2) is 7.80. The van der Waals surface area contributed by atoms with Gasteiger partial charge in [-0.1, -0.05) is 23.2 Å². The number of thiazole rings is 1. The Labute approximate surface area is 186 Å². The molecule has 1 aliphatic rings.